The second-order valence-electron chi connectivity index (χ2n) is 3.48. The standard InChI is InChI=1S/C10H14N2O/c1-2-12-7-6-11-10(12)8-4-3-5-9(8)13/h6-8H,2-5H2,1H3. The number of ketones is 1. The molecule has 3 heteroatoms. The summed E-state index contributed by atoms with van der Waals surface area (Å²) in [6, 6.07) is 0. The van der Waals surface area contributed by atoms with Gasteiger partial charge in [-0.05, 0) is 19.8 Å². The summed E-state index contributed by atoms with van der Waals surface area (Å²) < 4.78 is 2.06. The average Bonchev–Trinajstić information content (AvgIpc) is 2.71. The number of Topliss-reactive ketones (excluding diaryl/α,β-unsaturated/α-hetero) is 1. The number of aryl methyl sites for hydroxylation is 1. The van der Waals surface area contributed by atoms with E-state index in [2.05, 4.69) is 16.5 Å². The van der Waals surface area contributed by atoms with E-state index in [0.717, 1.165) is 31.6 Å². The predicted molar refractivity (Wildman–Crippen MR) is 49.5 cm³/mol. The van der Waals surface area contributed by atoms with Gasteiger partial charge in [0.25, 0.3) is 0 Å². The number of hydrogen-bond donors (Lipinski definition) is 0. The second-order valence-corrected chi connectivity index (χ2v) is 3.48. The van der Waals surface area contributed by atoms with Crippen molar-refractivity contribution >= 4 is 5.78 Å². The van der Waals surface area contributed by atoms with Gasteiger partial charge in [0.05, 0.1) is 5.92 Å². The maximum atomic E-state index is 11.5. The average molecular weight is 178 g/mol. The molecule has 0 radical (unpaired) electrons. The summed E-state index contributed by atoms with van der Waals surface area (Å²) in [6.07, 6.45) is 6.47. The van der Waals surface area contributed by atoms with Crippen LogP contribution in [-0.4, -0.2) is 15.3 Å². The summed E-state index contributed by atoms with van der Waals surface area (Å²) in [4.78, 5) is 15.7. The predicted octanol–water partition coefficient (Wildman–Crippen LogP) is 1.74. The van der Waals surface area contributed by atoms with E-state index < -0.39 is 0 Å². The van der Waals surface area contributed by atoms with Gasteiger partial charge in [-0.15, -0.1) is 0 Å². The van der Waals surface area contributed by atoms with Crippen LogP contribution in [0.25, 0.3) is 0 Å². The minimum Gasteiger partial charge on any atom is -0.335 e. The molecule has 13 heavy (non-hydrogen) atoms. The summed E-state index contributed by atoms with van der Waals surface area (Å²) in [7, 11) is 0. The molecule has 0 spiro atoms. The van der Waals surface area contributed by atoms with Gasteiger partial charge in [0, 0.05) is 25.4 Å². The molecule has 0 amide bonds. The first-order chi connectivity index (χ1) is 6.33. The molecule has 3 nitrogen and oxygen atoms in total. The molecule has 70 valence electrons. The van der Waals surface area contributed by atoms with Crippen molar-refractivity contribution in [2.45, 2.75) is 38.6 Å². The van der Waals surface area contributed by atoms with E-state index in [9.17, 15) is 4.79 Å². The zero-order valence-electron chi connectivity index (χ0n) is 7.86. The lowest BCUT2D eigenvalue weighted by molar-refractivity contribution is -0.118. The highest BCUT2D eigenvalue weighted by atomic mass is 16.1. The summed E-state index contributed by atoms with van der Waals surface area (Å²) in [6.45, 7) is 2.98. The first kappa shape index (κ1) is 8.48. The third-order valence-electron chi connectivity index (χ3n) is 2.70. The molecule has 1 unspecified atom stereocenters. The van der Waals surface area contributed by atoms with Crippen LogP contribution in [0.3, 0.4) is 0 Å². The normalized spacial score (nSPS) is 22.5. The minimum absolute atomic E-state index is 0.0787. The number of imidazole rings is 1. The summed E-state index contributed by atoms with van der Waals surface area (Å²) >= 11 is 0. The molecule has 1 saturated carbocycles. The summed E-state index contributed by atoms with van der Waals surface area (Å²) in [5.74, 6) is 1.40. The third kappa shape index (κ3) is 1.39. The van der Waals surface area contributed by atoms with Crippen molar-refractivity contribution in [1.29, 1.82) is 0 Å². The van der Waals surface area contributed by atoms with Crippen molar-refractivity contribution in [3.63, 3.8) is 0 Å². The van der Waals surface area contributed by atoms with Gasteiger partial charge in [-0.25, -0.2) is 4.98 Å². The Balaban J connectivity index is 2.28. The molecule has 1 aromatic heterocycles. The molecule has 2 rings (SSSR count). The zero-order chi connectivity index (χ0) is 9.26. The van der Waals surface area contributed by atoms with E-state index in [1.807, 2.05) is 6.20 Å². The maximum Gasteiger partial charge on any atom is 0.143 e. The van der Waals surface area contributed by atoms with E-state index in [-0.39, 0.29) is 5.92 Å². The van der Waals surface area contributed by atoms with Crippen molar-refractivity contribution in [1.82, 2.24) is 9.55 Å². The van der Waals surface area contributed by atoms with E-state index >= 15 is 0 Å². The summed E-state index contributed by atoms with van der Waals surface area (Å²) in [5.41, 5.74) is 0. The SMILES string of the molecule is CCn1ccnc1C1CCCC1=O. The van der Waals surface area contributed by atoms with Gasteiger partial charge >= 0.3 is 0 Å². The van der Waals surface area contributed by atoms with Crippen molar-refractivity contribution in [3.05, 3.63) is 18.2 Å². The molecule has 1 heterocycles. The number of hydrogen-bond acceptors (Lipinski definition) is 2. The van der Waals surface area contributed by atoms with Gasteiger partial charge in [-0.1, -0.05) is 0 Å². The Hall–Kier alpha value is -1.12. The van der Waals surface area contributed by atoms with Crippen LogP contribution < -0.4 is 0 Å². The monoisotopic (exact) mass is 178 g/mol. The lowest BCUT2D eigenvalue weighted by Gasteiger charge is -2.09. The van der Waals surface area contributed by atoms with Crippen molar-refractivity contribution < 1.29 is 4.79 Å². The van der Waals surface area contributed by atoms with Gasteiger partial charge in [-0.2, -0.15) is 0 Å². The Morgan fingerprint density at radius 2 is 2.54 bits per heavy atom. The van der Waals surface area contributed by atoms with Crippen LogP contribution in [0.2, 0.25) is 0 Å². The fraction of sp³-hybridized carbons (Fsp3) is 0.600. The first-order valence-electron chi connectivity index (χ1n) is 4.86. The lowest BCUT2D eigenvalue weighted by atomic mass is 10.1. The molecule has 0 N–H and O–H groups in total. The highest BCUT2D eigenvalue weighted by molar-refractivity contribution is 5.86. The van der Waals surface area contributed by atoms with Crippen LogP contribution in [0.15, 0.2) is 12.4 Å². The van der Waals surface area contributed by atoms with Crippen molar-refractivity contribution in [2.24, 2.45) is 0 Å². The Bertz CT molecular complexity index is 316. The molecule has 1 aromatic rings. The summed E-state index contributed by atoms with van der Waals surface area (Å²) in [5, 5.41) is 0. The molecule has 1 atom stereocenters. The van der Waals surface area contributed by atoms with Crippen LogP contribution in [0.4, 0.5) is 0 Å². The van der Waals surface area contributed by atoms with E-state index in [1.165, 1.54) is 0 Å². The smallest absolute Gasteiger partial charge is 0.143 e. The molecular weight excluding hydrogens is 164 g/mol. The van der Waals surface area contributed by atoms with Crippen LogP contribution in [0.1, 0.15) is 37.9 Å². The molecule has 1 fully saturated rings. The van der Waals surface area contributed by atoms with Crippen LogP contribution in [0.5, 0.6) is 0 Å². The van der Waals surface area contributed by atoms with Crippen molar-refractivity contribution in [3.8, 4) is 0 Å². The van der Waals surface area contributed by atoms with Crippen LogP contribution in [-0.2, 0) is 11.3 Å². The lowest BCUT2D eigenvalue weighted by Crippen LogP contribution is -2.11. The van der Waals surface area contributed by atoms with Gasteiger partial charge in [0.1, 0.15) is 11.6 Å². The van der Waals surface area contributed by atoms with E-state index in [0.29, 0.717) is 5.78 Å². The first-order valence-corrected chi connectivity index (χ1v) is 4.86. The molecule has 0 saturated heterocycles. The molecule has 1 aliphatic carbocycles. The van der Waals surface area contributed by atoms with Gasteiger partial charge in [0.15, 0.2) is 0 Å². The molecular formula is C10H14N2O. The van der Waals surface area contributed by atoms with Gasteiger partial charge in [0.2, 0.25) is 0 Å². The zero-order valence-corrected chi connectivity index (χ0v) is 7.86. The fourth-order valence-electron chi connectivity index (χ4n) is 1.99. The number of nitrogens with zero attached hydrogens (tertiary/aromatic N) is 2. The highest BCUT2D eigenvalue weighted by Gasteiger charge is 2.28. The van der Waals surface area contributed by atoms with Crippen LogP contribution in [0, 0.1) is 0 Å². The Labute approximate surface area is 77.8 Å². The van der Waals surface area contributed by atoms with Crippen molar-refractivity contribution in [2.75, 3.05) is 0 Å². The Kier molecular flexibility index (Phi) is 2.17. The van der Waals surface area contributed by atoms with Gasteiger partial charge in [-0.3, -0.25) is 4.79 Å². The Morgan fingerprint density at radius 3 is 3.15 bits per heavy atom. The van der Waals surface area contributed by atoms with E-state index in [1.54, 1.807) is 6.20 Å². The minimum atomic E-state index is 0.0787. The van der Waals surface area contributed by atoms with Gasteiger partial charge < -0.3 is 4.57 Å². The third-order valence-corrected chi connectivity index (χ3v) is 2.70. The van der Waals surface area contributed by atoms with E-state index in [4.69, 9.17) is 0 Å². The molecule has 1 aliphatic rings. The van der Waals surface area contributed by atoms with Crippen LogP contribution >= 0.6 is 0 Å². The number of carbonyl (C=O) groups is 1. The molecule has 0 aliphatic heterocycles. The number of rotatable bonds is 2. The second kappa shape index (κ2) is 3.32. The quantitative estimate of drug-likeness (QED) is 0.691. The highest BCUT2D eigenvalue weighted by Crippen LogP contribution is 2.29. The largest absolute Gasteiger partial charge is 0.335 e. The molecule has 0 aromatic carbocycles. The number of carbonyl (C=O) groups excluding carboxylic acids is 1. The number of aromatic nitrogens is 2. The Morgan fingerprint density at radius 1 is 1.69 bits per heavy atom. The fourth-order valence-corrected chi connectivity index (χ4v) is 1.99. The molecule has 0 bridgehead atoms. The topological polar surface area (TPSA) is 34.9 Å². The maximum absolute atomic E-state index is 11.5.